The number of nitrogens with one attached hydrogen (secondary N) is 1. The van der Waals surface area contributed by atoms with Crippen molar-refractivity contribution in [1.29, 1.82) is 0 Å². The summed E-state index contributed by atoms with van der Waals surface area (Å²) in [4.78, 5) is 4.43. The number of aryl methyl sites for hydroxylation is 2. The Labute approximate surface area is 106 Å². The van der Waals surface area contributed by atoms with Crippen molar-refractivity contribution in [2.45, 2.75) is 25.7 Å². The number of rotatable bonds is 2. The average molecular weight is 240 g/mol. The van der Waals surface area contributed by atoms with Gasteiger partial charge in [0, 0.05) is 12.6 Å². The van der Waals surface area contributed by atoms with E-state index in [1.165, 1.54) is 36.8 Å². The van der Waals surface area contributed by atoms with E-state index in [-0.39, 0.29) is 0 Å². The van der Waals surface area contributed by atoms with Crippen LogP contribution in [0.5, 0.6) is 0 Å². The summed E-state index contributed by atoms with van der Waals surface area (Å²) < 4.78 is 0. The molecule has 4 heteroatoms. The van der Waals surface area contributed by atoms with Gasteiger partial charge in [0.25, 0.3) is 0 Å². The third-order valence-electron chi connectivity index (χ3n) is 3.42. The summed E-state index contributed by atoms with van der Waals surface area (Å²) >= 11 is 0. The zero-order valence-electron chi connectivity index (χ0n) is 10.5. The minimum atomic E-state index is 0.690. The number of nitrogens with zero attached hydrogens (tertiary/aromatic N) is 3. The molecule has 4 nitrogen and oxygen atoms in total. The van der Waals surface area contributed by atoms with E-state index < -0.39 is 0 Å². The fourth-order valence-corrected chi connectivity index (χ4v) is 2.42. The van der Waals surface area contributed by atoms with Crippen LogP contribution < -0.4 is 5.32 Å². The fourth-order valence-electron chi connectivity index (χ4n) is 2.42. The van der Waals surface area contributed by atoms with E-state index in [1.807, 2.05) is 7.05 Å². The minimum absolute atomic E-state index is 0.690. The number of hydrogen-bond donors (Lipinski definition) is 1. The third-order valence-corrected chi connectivity index (χ3v) is 3.42. The van der Waals surface area contributed by atoms with E-state index in [0.717, 1.165) is 11.4 Å². The van der Waals surface area contributed by atoms with Gasteiger partial charge in [0.1, 0.15) is 5.82 Å². The topological polar surface area (TPSA) is 50.7 Å². The maximum absolute atomic E-state index is 4.43. The van der Waals surface area contributed by atoms with Crippen molar-refractivity contribution < 1.29 is 0 Å². The molecule has 0 spiro atoms. The zero-order chi connectivity index (χ0) is 12.4. The highest BCUT2D eigenvalue weighted by Crippen LogP contribution is 2.25. The van der Waals surface area contributed by atoms with Crippen molar-refractivity contribution in [2.75, 3.05) is 12.4 Å². The van der Waals surface area contributed by atoms with Crippen molar-refractivity contribution >= 4 is 5.82 Å². The van der Waals surface area contributed by atoms with Crippen molar-refractivity contribution in [3.63, 3.8) is 0 Å². The number of aromatic nitrogens is 3. The molecule has 0 amide bonds. The molecule has 0 bridgehead atoms. The van der Waals surface area contributed by atoms with Gasteiger partial charge < -0.3 is 5.32 Å². The number of fused-ring (bicyclic) bond motifs is 1. The highest BCUT2D eigenvalue weighted by Gasteiger charge is 2.11. The fraction of sp³-hybridized carbons (Fsp3) is 0.357. The first-order valence-corrected chi connectivity index (χ1v) is 6.36. The summed E-state index contributed by atoms with van der Waals surface area (Å²) in [6.07, 6.45) is 6.58. The average Bonchev–Trinajstić information content (AvgIpc) is 2.47. The van der Waals surface area contributed by atoms with Gasteiger partial charge in [0.15, 0.2) is 5.82 Å². The Hall–Kier alpha value is -1.97. The minimum Gasteiger partial charge on any atom is -0.372 e. The molecular formula is C14H16N4. The predicted octanol–water partition coefficient (Wildman–Crippen LogP) is 2.46. The standard InChI is InChI=1S/C14H16N4/c1-15-13-9-16-18-14(17-13)12-7-6-10-4-2-3-5-11(10)8-12/h6-9H,2-5H2,1H3,(H,15,17,18). The van der Waals surface area contributed by atoms with Crippen LogP contribution in [-0.4, -0.2) is 22.2 Å². The van der Waals surface area contributed by atoms with Crippen LogP contribution in [0.1, 0.15) is 24.0 Å². The van der Waals surface area contributed by atoms with Crippen LogP contribution in [-0.2, 0) is 12.8 Å². The number of hydrogen-bond acceptors (Lipinski definition) is 4. The van der Waals surface area contributed by atoms with Crippen LogP contribution in [0.25, 0.3) is 11.4 Å². The molecule has 0 fully saturated rings. The molecule has 0 saturated carbocycles. The summed E-state index contributed by atoms with van der Waals surface area (Å²) in [5, 5.41) is 11.1. The summed E-state index contributed by atoms with van der Waals surface area (Å²) in [6, 6.07) is 6.52. The molecule has 1 aliphatic carbocycles. The van der Waals surface area contributed by atoms with Crippen molar-refractivity contribution in [1.82, 2.24) is 15.2 Å². The van der Waals surface area contributed by atoms with Gasteiger partial charge >= 0.3 is 0 Å². The Balaban J connectivity index is 2.00. The Bertz CT molecular complexity index is 565. The molecule has 0 radical (unpaired) electrons. The molecule has 1 aromatic heterocycles. The highest BCUT2D eigenvalue weighted by atomic mass is 15.2. The normalized spacial score (nSPS) is 14.1. The molecule has 3 rings (SSSR count). The Kier molecular flexibility index (Phi) is 2.92. The molecule has 92 valence electrons. The van der Waals surface area contributed by atoms with Crippen LogP contribution in [0.2, 0.25) is 0 Å². The molecule has 0 unspecified atom stereocenters. The molecular weight excluding hydrogens is 224 g/mol. The summed E-state index contributed by atoms with van der Waals surface area (Å²) in [6.45, 7) is 0. The lowest BCUT2D eigenvalue weighted by molar-refractivity contribution is 0.686. The first-order valence-electron chi connectivity index (χ1n) is 6.36. The Morgan fingerprint density at radius 2 is 1.94 bits per heavy atom. The van der Waals surface area contributed by atoms with E-state index in [1.54, 1.807) is 6.20 Å². The summed E-state index contributed by atoms with van der Waals surface area (Å²) in [7, 11) is 1.83. The van der Waals surface area contributed by atoms with Gasteiger partial charge in [-0.05, 0) is 42.9 Å². The SMILES string of the molecule is CNc1cnnc(-c2ccc3c(c2)CCCC3)n1. The lowest BCUT2D eigenvalue weighted by atomic mass is 9.90. The van der Waals surface area contributed by atoms with Crippen molar-refractivity contribution in [3.8, 4) is 11.4 Å². The quantitative estimate of drug-likeness (QED) is 0.876. The molecule has 0 saturated heterocycles. The van der Waals surface area contributed by atoms with E-state index in [4.69, 9.17) is 0 Å². The van der Waals surface area contributed by atoms with Gasteiger partial charge in [0.2, 0.25) is 0 Å². The lowest BCUT2D eigenvalue weighted by Gasteiger charge is -2.16. The van der Waals surface area contributed by atoms with Gasteiger partial charge in [-0.1, -0.05) is 12.1 Å². The molecule has 0 aliphatic heterocycles. The van der Waals surface area contributed by atoms with Gasteiger partial charge in [-0.2, -0.15) is 5.10 Å². The van der Waals surface area contributed by atoms with Gasteiger partial charge in [-0.25, -0.2) is 4.98 Å². The van der Waals surface area contributed by atoms with Gasteiger partial charge in [-0.3, -0.25) is 0 Å². The van der Waals surface area contributed by atoms with E-state index in [2.05, 4.69) is 38.7 Å². The molecule has 1 aliphatic rings. The molecule has 18 heavy (non-hydrogen) atoms. The molecule has 2 aromatic rings. The maximum atomic E-state index is 4.43. The Morgan fingerprint density at radius 3 is 2.78 bits per heavy atom. The second kappa shape index (κ2) is 4.72. The molecule has 1 aromatic carbocycles. The molecule has 0 atom stereocenters. The van der Waals surface area contributed by atoms with E-state index >= 15 is 0 Å². The van der Waals surface area contributed by atoms with Crippen LogP contribution in [0.15, 0.2) is 24.4 Å². The van der Waals surface area contributed by atoms with Crippen molar-refractivity contribution in [3.05, 3.63) is 35.5 Å². The second-order valence-electron chi connectivity index (χ2n) is 4.61. The second-order valence-corrected chi connectivity index (χ2v) is 4.61. The third kappa shape index (κ3) is 2.06. The van der Waals surface area contributed by atoms with Crippen LogP contribution in [0.4, 0.5) is 5.82 Å². The smallest absolute Gasteiger partial charge is 0.183 e. The largest absolute Gasteiger partial charge is 0.372 e. The highest BCUT2D eigenvalue weighted by molar-refractivity contribution is 5.58. The van der Waals surface area contributed by atoms with Crippen LogP contribution in [0.3, 0.4) is 0 Å². The van der Waals surface area contributed by atoms with Gasteiger partial charge in [-0.15, -0.1) is 5.10 Å². The summed E-state index contributed by atoms with van der Waals surface area (Å²) in [5.74, 6) is 1.44. The number of benzene rings is 1. The van der Waals surface area contributed by atoms with Crippen LogP contribution >= 0.6 is 0 Å². The molecule has 1 N–H and O–H groups in total. The Morgan fingerprint density at radius 1 is 1.11 bits per heavy atom. The first-order chi connectivity index (χ1) is 8.86. The van der Waals surface area contributed by atoms with E-state index in [0.29, 0.717) is 5.82 Å². The zero-order valence-corrected chi connectivity index (χ0v) is 10.5. The van der Waals surface area contributed by atoms with E-state index in [9.17, 15) is 0 Å². The summed E-state index contributed by atoms with van der Waals surface area (Å²) in [5.41, 5.74) is 3.97. The number of anilines is 1. The predicted molar refractivity (Wildman–Crippen MR) is 71.5 cm³/mol. The first kappa shape index (κ1) is 11.1. The lowest BCUT2D eigenvalue weighted by Crippen LogP contribution is -2.03. The van der Waals surface area contributed by atoms with Gasteiger partial charge in [0.05, 0.1) is 6.20 Å². The van der Waals surface area contributed by atoms with Crippen LogP contribution in [0, 0.1) is 0 Å². The molecule has 1 heterocycles. The maximum Gasteiger partial charge on any atom is 0.183 e. The van der Waals surface area contributed by atoms with Crippen molar-refractivity contribution in [2.24, 2.45) is 0 Å². The monoisotopic (exact) mass is 240 g/mol.